The van der Waals surface area contributed by atoms with Gasteiger partial charge in [0.25, 0.3) is 0 Å². The van der Waals surface area contributed by atoms with E-state index in [9.17, 15) is 24.3 Å². The second-order valence-corrected chi connectivity index (χ2v) is 10.9. The van der Waals surface area contributed by atoms with Gasteiger partial charge in [-0.25, -0.2) is 4.79 Å². The van der Waals surface area contributed by atoms with Crippen LogP contribution in [0.1, 0.15) is 45.1 Å². The lowest BCUT2D eigenvalue weighted by atomic mass is 9.98. The summed E-state index contributed by atoms with van der Waals surface area (Å²) >= 11 is 1.55. The normalized spacial score (nSPS) is 18.5. The molecule has 6 N–H and O–H groups in total. The van der Waals surface area contributed by atoms with E-state index in [-0.39, 0.29) is 11.8 Å². The first kappa shape index (κ1) is 29.5. The van der Waals surface area contributed by atoms with Gasteiger partial charge in [0.2, 0.25) is 17.7 Å². The quantitative estimate of drug-likeness (QED) is 0.257. The molecule has 0 spiro atoms. The minimum absolute atomic E-state index is 0.255. The van der Waals surface area contributed by atoms with E-state index in [0.29, 0.717) is 44.4 Å². The number of rotatable bonds is 13. The standard InChI is InChI=1S/C27H39N5O5S/c1-4-16(2)23(27(36)37)31-25(34)22-10-7-12-32(22)26(35)21(11-13-38-3)30-24(33)19(28)14-17-15-29-20-9-6-5-8-18(17)20/h5-6,8-9,15-16,19,21-23,29H,4,7,10-14,28H2,1-3H3,(H,30,33)(H,31,34)(H,36,37). The van der Waals surface area contributed by atoms with Gasteiger partial charge < -0.3 is 31.4 Å². The number of nitrogens with zero attached hydrogens (tertiary/aromatic N) is 1. The van der Waals surface area contributed by atoms with Crippen molar-refractivity contribution in [3.05, 3.63) is 36.0 Å². The first-order valence-electron chi connectivity index (χ1n) is 13.1. The Kier molecular flexibility index (Phi) is 10.6. The highest BCUT2D eigenvalue weighted by Gasteiger charge is 2.39. The lowest BCUT2D eigenvalue weighted by molar-refractivity contribution is -0.146. The van der Waals surface area contributed by atoms with Gasteiger partial charge in [0.15, 0.2) is 0 Å². The van der Waals surface area contributed by atoms with Gasteiger partial charge in [-0.15, -0.1) is 0 Å². The minimum atomic E-state index is -1.10. The third-order valence-electron chi connectivity index (χ3n) is 7.29. The fourth-order valence-corrected chi connectivity index (χ4v) is 5.31. The molecule has 1 aliphatic rings. The van der Waals surface area contributed by atoms with Gasteiger partial charge >= 0.3 is 5.97 Å². The molecule has 10 nitrogen and oxygen atoms in total. The number of aliphatic carboxylic acids is 1. The van der Waals surface area contributed by atoms with Crippen LogP contribution in [-0.2, 0) is 25.6 Å². The zero-order valence-electron chi connectivity index (χ0n) is 22.2. The molecule has 1 aliphatic heterocycles. The molecule has 0 radical (unpaired) electrons. The number of nitrogens with one attached hydrogen (secondary N) is 3. The molecule has 2 heterocycles. The molecule has 0 bridgehead atoms. The summed E-state index contributed by atoms with van der Waals surface area (Å²) in [5.74, 6) is -1.98. The predicted octanol–water partition coefficient (Wildman–Crippen LogP) is 1.88. The Morgan fingerprint density at radius 3 is 2.66 bits per heavy atom. The summed E-state index contributed by atoms with van der Waals surface area (Å²) in [4.78, 5) is 56.1. The SMILES string of the molecule is CCC(C)C(NC(=O)C1CCCN1C(=O)C(CCSC)NC(=O)C(N)Cc1c[nH]c2ccccc12)C(=O)O. The average Bonchev–Trinajstić information content (AvgIpc) is 3.56. The Morgan fingerprint density at radius 1 is 1.24 bits per heavy atom. The number of hydrogen-bond donors (Lipinski definition) is 5. The van der Waals surface area contributed by atoms with Crippen molar-refractivity contribution in [2.24, 2.45) is 11.7 Å². The average molecular weight is 546 g/mol. The Labute approximate surface area is 227 Å². The molecule has 3 rings (SSSR count). The van der Waals surface area contributed by atoms with Crippen LogP contribution in [-0.4, -0.2) is 81.4 Å². The number of H-pyrrole nitrogens is 1. The Balaban J connectivity index is 1.69. The number of carbonyl (C=O) groups is 4. The number of likely N-dealkylation sites (tertiary alicyclic amines) is 1. The Morgan fingerprint density at radius 2 is 1.97 bits per heavy atom. The van der Waals surface area contributed by atoms with Gasteiger partial charge in [-0.2, -0.15) is 11.8 Å². The van der Waals surface area contributed by atoms with Crippen LogP contribution >= 0.6 is 11.8 Å². The highest BCUT2D eigenvalue weighted by Crippen LogP contribution is 2.22. The summed E-state index contributed by atoms with van der Waals surface area (Å²) in [7, 11) is 0. The molecule has 2 aromatic rings. The van der Waals surface area contributed by atoms with E-state index in [0.717, 1.165) is 16.5 Å². The molecule has 1 aromatic heterocycles. The number of benzene rings is 1. The van der Waals surface area contributed by atoms with Crippen LogP contribution in [0.4, 0.5) is 0 Å². The molecule has 1 saturated heterocycles. The van der Waals surface area contributed by atoms with Crippen LogP contribution in [0.2, 0.25) is 0 Å². The van der Waals surface area contributed by atoms with Gasteiger partial charge in [0.05, 0.1) is 6.04 Å². The number of carboxylic acid groups (broad SMARTS) is 1. The second kappa shape index (κ2) is 13.7. The number of para-hydroxylation sites is 1. The molecular weight excluding hydrogens is 506 g/mol. The zero-order valence-corrected chi connectivity index (χ0v) is 23.1. The maximum atomic E-state index is 13.6. The molecule has 5 atom stereocenters. The molecule has 1 aromatic carbocycles. The van der Waals surface area contributed by atoms with Crippen molar-refractivity contribution in [3.63, 3.8) is 0 Å². The van der Waals surface area contributed by atoms with E-state index in [1.54, 1.807) is 18.7 Å². The monoisotopic (exact) mass is 545 g/mol. The van der Waals surface area contributed by atoms with Crippen molar-refractivity contribution < 1.29 is 24.3 Å². The van der Waals surface area contributed by atoms with Crippen molar-refractivity contribution in [1.82, 2.24) is 20.5 Å². The van der Waals surface area contributed by atoms with E-state index in [1.807, 2.05) is 43.6 Å². The highest BCUT2D eigenvalue weighted by molar-refractivity contribution is 7.98. The summed E-state index contributed by atoms with van der Waals surface area (Å²) in [5.41, 5.74) is 8.13. The first-order chi connectivity index (χ1) is 18.2. The maximum Gasteiger partial charge on any atom is 0.326 e. The van der Waals surface area contributed by atoms with Gasteiger partial charge in [-0.05, 0) is 55.2 Å². The van der Waals surface area contributed by atoms with Crippen molar-refractivity contribution in [2.75, 3.05) is 18.6 Å². The maximum absolute atomic E-state index is 13.6. The smallest absolute Gasteiger partial charge is 0.326 e. The van der Waals surface area contributed by atoms with Gasteiger partial charge in [-0.3, -0.25) is 14.4 Å². The van der Waals surface area contributed by atoms with E-state index in [1.165, 1.54) is 4.90 Å². The number of aromatic nitrogens is 1. The van der Waals surface area contributed by atoms with Crippen molar-refractivity contribution in [2.45, 2.75) is 70.1 Å². The summed E-state index contributed by atoms with van der Waals surface area (Å²) in [5, 5.41) is 16.0. The molecule has 1 fully saturated rings. The summed E-state index contributed by atoms with van der Waals surface area (Å²) in [6.07, 6.45) is 6.10. The van der Waals surface area contributed by atoms with Crippen LogP contribution in [0.15, 0.2) is 30.5 Å². The summed E-state index contributed by atoms with van der Waals surface area (Å²) < 4.78 is 0. The lowest BCUT2D eigenvalue weighted by Crippen LogP contribution is -2.57. The summed E-state index contributed by atoms with van der Waals surface area (Å²) in [6, 6.07) is 4.27. The van der Waals surface area contributed by atoms with Crippen LogP contribution in [0.5, 0.6) is 0 Å². The lowest BCUT2D eigenvalue weighted by Gasteiger charge is -2.30. The molecule has 11 heteroatoms. The minimum Gasteiger partial charge on any atom is -0.480 e. The molecule has 5 unspecified atom stereocenters. The third-order valence-corrected chi connectivity index (χ3v) is 7.94. The number of nitrogens with two attached hydrogens (primary N) is 1. The number of thioether (sulfide) groups is 1. The highest BCUT2D eigenvalue weighted by atomic mass is 32.2. The number of amides is 3. The number of carboxylic acids is 1. The van der Waals surface area contributed by atoms with Crippen LogP contribution in [0.25, 0.3) is 10.9 Å². The molecule has 208 valence electrons. The fourth-order valence-electron chi connectivity index (χ4n) is 4.84. The number of hydrogen-bond acceptors (Lipinski definition) is 6. The predicted molar refractivity (Wildman–Crippen MR) is 149 cm³/mol. The Bertz CT molecular complexity index is 1140. The first-order valence-corrected chi connectivity index (χ1v) is 14.5. The van der Waals surface area contributed by atoms with Gasteiger partial charge in [0, 0.05) is 23.6 Å². The van der Waals surface area contributed by atoms with E-state index < -0.39 is 42.0 Å². The second-order valence-electron chi connectivity index (χ2n) is 9.91. The van der Waals surface area contributed by atoms with Crippen molar-refractivity contribution in [1.29, 1.82) is 0 Å². The zero-order chi connectivity index (χ0) is 27.8. The van der Waals surface area contributed by atoms with E-state index in [2.05, 4.69) is 15.6 Å². The number of carbonyl (C=O) groups excluding carboxylic acids is 3. The third kappa shape index (κ3) is 7.08. The molecule has 3 amide bonds. The largest absolute Gasteiger partial charge is 0.480 e. The van der Waals surface area contributed by atoms with E-state index in [4.69, 9.17) is 5.73 Å². The van der Waals surface area contributed by atoms with Gasteiger partial charge in [-0.1, -0.05) is 38.5 Å². The van der Waals surface area contributed by atoms with Crippen LogP contribution in [0, 0.1) is 5.92 Å². The molecule has 38 heavy (non-hydrogen) atoms. The molecular formula is C27H39N5O5S. The van der Waals surface area contributed by atoms with Crippen molar-refractivity contribution >= 4 is 46.4 Å². The van der Waals surface area contributed by atoms with Crippen LogP contribution in [0.3, 0.4) is 0 Å². The topological polar surface area (TPSA) is 158 Å². The van der Waals surface area contributed by atoms with E-state index >= 15 is 0 Å². The molecule has 0 aliphatic carbocycles. The Hall–Kier alpha value is -3.05. The number of aromatic amines is 1. The number of fused-ring (bicyclic) bond motifs is 1. The van der Waals surface area contributed by atoms with Crippen molar-refractivity contribution in [3.8, 4) is 0 Å². The summed E-state index contributed by atoms with van der Waals surface area (Å²) in [6.45, 7) is 4.00. The molecule has 0 saturated carbocycles. The fraction of sp³-hybridized carbons (Fsp3) is 0.556. The van der Waals surface area contributed by atoms with Crippen LogP contribution < -0.4 is 16.4 Å². The van der Waals surface area contributed by atoms with Gasteiger partial charge in [0.1, 0.15) is 18.1 Å².